The number of hydrogen-bond acceptors (Lipinski definition) is 7. The van der Waals surface area contributed by atoms with E-state index < -0.39 is 22.1 Å². The highest BCUT2D eigenvalue weighted by atomic mass is 32.2. The zero-order valence-corrected chi connectivity index (χ0v) is 20.8. The van der Waals surface area contributed by atoms with Gasteiger partial charge in [0.2, 0.25) is 0 Å². The van der Waals surface area contributed by atoms with Crippen LogP contribution in [0, 0.1) is 0 Å². The van der Waals surface area contributed by atoms with Crippen LogP contribution in [-0.2, 0) is 32.1 Å². The van der Waals surface area contributed by atoms with Crippen molar-refractivity contribution in [3.63, 3.8) is 0 Å². The average molecular weight is 503 g/mol. The van der Waals surface area contributed by atoms with Crippen LogP contribution < -0.4 is 0 Å². The van der Waals surface area contributed by atoms with E-state index in [0.29, 0.717) is 11.4 Å². The van der Waals surface area contributed by atoms with Gasteiger partial charge in [-0.15, -0.1) is 11.3 Å². The lowest BCUT2D eigenvalue weighted by molar-refractivity contribution is -0.127. The van der Waals surface area contributed by atoms with E-state index in [2.05, 4.69) is 16.1 Å². The second-order valence-electron chi connectivity index (χ2n) is 7.69. The van der Waals surface area contributed by atoms with Crippen LogP contribution in [0.4, 0.5) is 0 Å². The molecule has 0 fully saturated rings. The number of carboxylic acids is 1. The van der Waals surface area contributed by atoms with E-state index in [1.165, 1.54) is 17.4 Å². The van der Waals surface area contributed by atoms with Crippen LogP contribution >= 0.6 is 11.3 Å². The largest absolute Gasteiger partial charge is 0.478 e. The number of benzene rings is 1. The van der Waals surface area contributed by atoms with Crippen molar-refractivity contribution in [2.24, 2.45) is 0 Å². The van der Waals surface area contributed by atoms with Gasteiger partial charge in [-0.1, -0.05) is 31.6 Å². The minimum absolute atomic E-state index is 0.157. The van der Waals surface area contributed by atoms with Gasteiger partial charge in [-0.25, -0.2) is 14.6 Å². The first-order valence-corrected chi connectivity index (χ1v) is 13.4. The van der Waals surface area contributed by atoms with E-state index in [-0.39, 0.29) is 11.1 Å². The summed E-state index contributed by atoms with van der Waals surface area (Å²) in [7, 11) is -3.96. The van der Waals surface area contributed by atoms with Gasteiger partial charge < -0.3 is 13.9 Å². The molecule has 10 heteroatoms. The first-order chi connectivity index (χ1) is 16.1. The summed E-state index contributed by atoms with van der Waals surface area (Å²) < 4.78 is 29.7. The minimum Gasteiger partial charge on any atom is -0.478 e. The van der Waals surface area contributed by atoms with Gasteiger partial charge in [0.25, 0.3) is 0 Å². The molecule has 0 spiro atoms. The highest BCUT2D eigenvalue weighted by molar-refractivity contribution is 7.86. The Bertz CT molecular complexity index is 1320. The minimum atomic E-state index is -3.96. The van der Waals surface area contributed by atoms with Crippen LogP contribution in [0.3, 0.4) is 0 Å². The summed E-state index contributed by atoms with van der Waals surface area (Å²) >= 11 is 1.31. The smallest absolute Gasteiger partial charge is 0.354 e. The number of carbonyl (C=O) groups is 2. The van der Waals surface area contributed by atoms with Crippen molar-refractivity contribution in [1.29, 1.82) is 0 Å². The van der Waals surface area contributed by atoms with Gasteiger partial charge in [-0.2, -0.15) is 8.42 Å². The summed E-state index contributed by atoms with van der Waals surface area (Å²) in [4.78, 5) is 28.9. The van der Waals surface area contributed by atoms with E-state index in [4.69, 9.17) is 5.11 Å². The summed E-state index contributed by atoms with van der Waals surface area (Å²) in [6, 6.07) is 8.53. The molecule has 1 aromatic carbocycles. The molecule has 0 radical (unpaired) electrons. The van der Waals surface area contributed by atoms with Crippen molar-refractivity contribution in [1.82, 2.24) is 9.55 Å². The number of aromatic nitrogens is 2. The van der Waals surface area contributed by atoms with Crippen molar-refractivity contribution in [3.8, 4) is 11.3 Å². The summed E-state index contributed by atoms with van der Waals surface area (Å²) in [6.07, 6.45) is 6.82. The Hall–Kier alpha value is -3.24. The molecule has 0 aliphatic rings. The Labute approximate surface area is 202 Å². The van der Waals surface area contributed by atoms with Crippen molar-refractivity contribution in [3.05, 3.63) is 69.8 Å². The highest BCUT2D eigenvalue weighted by Crippen LogP contribution is 2.35. The number of aryl methyl sites for hydroxylation is 1. The van der Waals surface area contributed by atoms with Crippen LogP contribution in [-0.4, -0.2) is 41.3 Å². The number of nitrogens with zero attached hydrogens (tertiary/aromatic N) is 2. The number of carbonyl (C=O) groups excluding carboxylic acids is 1. The van der Waals surface area contributed by atoms with Crippen LogP contribution in [0.15, 0.2) is 48.0 Å². The van der Waals surface area contributed by atoms with Crippen LogP contribution in [0.25, 0.3) is 16.8 Å². The summed E-state index contributed by atoms with van der Waals surface area (Å²) in [6.45, 7) is 4.21. The van der Waals surface area contributed by atoms with Crippen LogP contribution in [0.5, 0.6) is 0 Å². The summed E-state index contributed by atoms with van der Waals surface area (Å²) in [5.41, 5.74) is 2.78. The number of rotatable bonds is 10. The van der Waals surface area contributed by atoms with Gasteiger partial charge in [0.05, 0.1) is 34.2 Å². The lowest BCUT2D eigenvalue weighted by Crippen LogP contribution is -2.13. The van der Waals surface area contributed by atoms with E-state index in [0.717, 1.165) is 48.2 Å². The normalized spacial score (nSPS) is 12.0. The molecule has 0 bridgehead atoms. The van der Waals surface area contributed by atoms with Gasteiger partial charge in [0.15, 0.2) is 0 Å². The van der Waals surface area contributed by atoms with Crippen molar-refractivity contribution in [2.75, 3.05) is 6.26 Å². The second kappa shape index (κ2) is 10.8. The molecular formula is C24H26N2O6S2. The van der Waals surface area contributed by atoms with Crippen molar-refractivity contribution in [2.45, 2.75) is 39.7 Å². The standard InChI is InChI=1S/C24H26N2O6S2/c1-4-6-7-21-25-14-20(26(21)15-16-8-10-17(11-9-16)23(27)28)19-12-13-33-22(19)18(5-2)24(29)32-34(3,30)31/h5,8-14H,4,6-7,15H2,1-3H3,(H,27,28). The van der Waals surface area contributed by atoms with Gasteiger partial charge in [0.1, 0.15) is 5.82 Å². The molecule has 8 nitrogen and oxygen atoms in total. The predicted octanol–water partition coefficient (Wildman–Crippen LogP) is 4.61. The van der Waals surface area contributed by atoms with Gasteiger partial charge >= 0.3 is 22.1 Å². The molecule has 1 N–H and O–H groups in total. The van der Waals surface area contributed by atoms with E-state index in [9.17, 15) is 18.0 Å². The number of aromatic carboxylic acids is 1. The zero-order chi connectivity index (χ0) is 24.9. The number of carboxylic acid groups (broad SMARTS) is 1. The number of hydrogen-bond donors (Lipinski definition) is 1. The van der Waals surface area contributed by atoms with Gasteiger partial charge in [-0.3, -0.25) is 0 Å². The summed E-state index contributed by atoms with van der Waals surface area (Å²) in [5.74, 6) is -1.05. The van der Waals surface area contributed by atoms with Crippen LogP contribution in [0.1, 0.15) is 53.3 Å². The highest BCUT2D eigenvalue weighted by Gasteiger charge is 2.24. The fraction of sp³-hybridized carbons (Fsp3) is 0.292. The number of allylic oxidation sites excluding steroid dienone is 1. The Morgan fingerprint density at radius 2 is 1.91 bits per heavy atom. The molecule has 0 saturated carbocycles. The molecule has 0 saturated heterocycles. The first kappa shape index (κ1) is 25.4. The number of imidazole rings is 1. The van der Waals surface area contributed by atoms with E-state index in [1.807, 2.05) is 16.0 Å². The molecule has 3 aromatic rings. The molecule has 0 unspecified atom stereocenters. The van der Waals surface area contributed by atoms with Gasteiger partial charge in [0, 0.05) is 18.5 Å². The lowest BCUT2D eigenvalue weighted by Gasteiger charge is -2.14. The maximum absolute atomic E-state index is 12.5. The van der Waals surface area contributed by atoms with Crippen LogP contribution in [0.2, 0.25) is 0 Å². The van der Waals surface area contributed by atoms with Crippen molar-refractivity contribution < 1.29 is 27.3 Å². The molecule has 0 aliphatic heterocycles. The molecule has 0 aliphatic carbocycles. The summed E-state index contributed by atoms with van der Waals surface area (Å²) in [5, 5.41) is 11.0. The third kappa shape index (κ3) is 6.00. The monoisotopic (exact) mass is 502 g/mol. The maximum atomic E-state index is 12.5. The zero-order valence-electron chi connectivity index (χ0n) is 19.1. The second-order valence-corrected chi connectivity index (χ2v) is 10.2. The molecule has 2 heterocycles. The number of thiophene rings is 1. The average Bonchev–Trinajstić information content (AvgIpc) is 3.39. The fourth-order valence-corrected chi connectivity index (χ4v) is 4.85. The first-order valence-electron chi connectivity index (χ1n) is 10.7. The molecule has 3 rings (SSSR count). The molecule has 0 atom stereocenters. The molecular weight excluding hydrogens is 476 g/mol. The number of unbranched alkanes of at least 4 members (excludes halogenated alkanes) is 1. The Kier molecular flexibility index (Phi) is 8.06. The molecule has 34 heavy (non-hydrogen) atoms. The van der Waals surface area contributed by atoms with E-state index >= 15 is 0 Å². The maximum Gasteiger partial charge on any atom is 0.354 e. The predicted molar refractivity (Wildman–Crippen MR) is 131 cm³/mol. The lowest BCUT2D eigenvalue weighted by atomic mass is 10.1. The SMILES string of the molecule is CC=C(C(=O)OS(C)(=O)=O)c1sccc1-c1cnc(CCCC)n1Cc1ccc(C(=O)O)cc1. The third-order valence-electron chi connectivity index (χ3n) is 5.16. The Morgan fingerprint density at radius 1 is 1.21 bits per heavy atom. The molecule has 180 valence electrons. The molecule has 0 amide bonds. The van der Waals surface area contributed by atoms with Crippen molar-refractivity contribution >= 4 is 39.0 Å². The third-order valence-corrected chi connectivity index (χ3v) is 6.56. The van der Waals surface area contributed by atoms with E-state index in [1.54, 1.807) is 37.4 Å². The molecule has 2 aromatic heterocycles. The topological polar surface area (TPSA) is 116 Å². The Morgan fingerprint density at radius 3 is 2.50 bits per heavy atom. The fourth-order valence-electron chi connectivity index (χ4n) is 3.52. The van der Waals surface area contributed by atoms with Gasteiger partial charge in [-0.05, 0) is 42.5 Å². The Balaban J connectivity index is 2.04. The quantitative estimate of drug-likeness (QED) is 0.318.